The average Bonchev–Trinajstić information content (AvgIpc) is 2.43. The van der Waals surface area contributed by atoms with Crippen molar-refractivity contribution < 1.29 is 24.2 Å². The summed E-state index contributed by atoms with van der Waals surface area (Å²) in [5, 5.41) is 11.4. The lowest BCUT2D eigenvalue weighted by Crippen LogP contribution is -2.41. The lowest BCUT2D eigenvalue weighted by Gasteiger charge is -2.13. The average molecular weight is 294 g/mol. The zero-order chi connectivity index (χ0) is 15.8. The van der Waals surface area contributed by atoms with Crippen LogP contribution in [0.5, 0.6) is 0 Å². The molecule has 1 aromatic heterocycles. The summed E-state index contributed by atoms with van der Waals surface area (Å²) in [5.74, 6) is -2.29. The molecule has 7 heteroatoms. The van der Waals surface area contributed by atoms with E-state index in [-0.39, 0.29) is 25.1 Å². The number of amides is 1. The third-order valence-corrected chi connectivity index (χ3v) is 2.67. The molecule has 0 saturated carbocycles. The van der Waals surface area contributed by atoms with Gasteiger partial charge in [0.25, 0.3) is 5.91 Å². The Kier molecular flexibility index (Phi) is 6.32. The quantitative estimate of drug-likeness (QED) is 0.724. The van der Waals surface area contributed by atoms with Crippen molar-refractivity contribution in [1.29, 1.82) is 0 Å². The molecule has 0 unspecified atom stereocenters. The highest BCUT2D eigenvalue weighted by Crippen LogP contribution is 2.03. The van der Waals surface area contributed by atoms with E-state index >= 15 is 0 Å². The van der Waals surface area contributed by atoms with Crippen LogP contribution in [-0.2, 0) is 14.3 Å². The summed E-state index contributed by atoms with van der Waals surface area (Å²) < 4.78 is 4.72. The number of nitrogens with one attached hydrogen (secondary N) is 1. The Balaban J connectivity index is 2.64. The molecule has 1 amide bonds. The minimum absolute atomic E-state index is 0.0360. The highest BCUT2D eigenvalue weighted by Gasteiger charge is 2.22. The molecule has 0 spiro atoms. The number of esters is 1. The van der Waals surface area contributed by atoms with Gasteiger partial charge < -0.3 is 15.2 Å². The third-order valence-electron chi connectivity index (χ3n) is 2.67. The van der Waals surface area contributed by atoms with Crippen LogP contribution >= 0.6 is 0 Å². The fourth-order valence-corrected chi connectivity index (χ4v) is 1.65. The molecule has 0 fully saturated rings. The topological polar surface area (TPSA) is 106 Å². The van der Waals surface area contributed by atoms with Crippen molar-refractivity contribution in [2.75, 3.05) is 6.61 Å². The largest absolute Gasteiger partial charge is 0.480 e. The Hall–Kier alpha value is -2.44. The molecule has 0 aliphatic carbocycles. The number of pyridine rings is 1. The second-order valence-electron chi connectivity index (χ2n) is 4.37. The van der Waals surface area contributed by atoms with Gasteiger partial charge in [-0.15, -0.1) is 0 Å². The molecular weight excluding hydrogens is 276 g/mol. The number of carbonyl (C=O) groups excluding carboxylic acids is 2. The van der Waals surface area contributed by atoms with Crippen LogP contribution in [0.4, 0.5) is 0 Å². The molecule has 1 atom stereocenters. The maximum Gasteiger partial charge on any atom is 0.326 e. The molecule has 0 bridgehead atoms. The van der Waals surface area contributed by atoms with Gasteiger partial charge >= 0.3 is 11.9 Å². The molecule has 0 aromatic carbocycles. The third kappa shape index (κ3) is 5.60. The van der Waals surface area contributed by atoms with Crippen LogP contribution < -0.4 is 5.32 Å². The van der Waals surface area contributed by atoms with Gasteiger partial charge in [0.2, 0.25) is 0 Å². The Morgan fingerprint density at radius 3 is 2.67 bits per heavy atom. The Morgan fingerprint density at radius 2 is 2.10 bits per heavy atom. The van der Waals surface area contributed by atoms with Gasteiger partial charge in [0.05, 0.1) is 6.61 Å². The maximum absolute atomic E-state index is 11.9. The Bertz CT molecular complexity index is 530. The highest BCUT2D eigenvalue weighted by atomic mass is 16.5. The molecule has 0 aliphatic heterocycles. The SMILES string of the molecule is CCOC(=O)CC[C@H](NC(=O)c1cccc(C)n1)C(=O)O. The number of aryl methyl sites for hydroxylation is 1. The van der Waals surface area contributed by atoms with Crippen LogP contribution in [-0.4, -0.2) is 40.6 Å². The molecule has 1 aromatic rings. The summed E-state index contributed by atoms with van der Waals surface area (Å²) in [6, 6.07) is 3.72. The van der Waals surface area contributed by atoms with Crippen LogP contribution in [0, 0.1) is 6.92 Å². The standard InChI is InChI=1S/C14H18N2O5/c1-3-21-12(17)8-7-11(14(19)20)16-13(18)10-6-4-5-9(2)15-10/h4-6,11H,3,7-8H2,1-2H3,(H,16,18)(H,19,20)/t11-/m0/s1. The number of rotatable bonds is 7. The predicted molar refractivity (Wildman–Crippen MR) is 73.7 cm³/mol. The summed E-state index contributed by atoms with van der Waals surface area (Å²) in [6.45, 7) is 3.63. The Morgan fingerprint density at radius 1 is 1.38 bits per heavy atom. The number of hydrogen-bond donors (Lipinski definition) is 2. The molecule has 0 saturated heterocycles. The van der Waals surface area contributed by atoms with Gasteiger partial charge in [0.1, 0.15) is 11.7 Å². The molecule has 0 radical (unpaired) electrons. The summed E-state index contributed by atoms with van der Waals surface area (Å²) in [7, 11) is 0. The highest BCUT2D eigenvalue weighted by molar-refractivity contribution is 5.95. The lowest BCUT2D eigenvalue weighted by atomic mass is 10.1. The fourth-order valence-electron chi connectivity index (χ4n) is 1.65. The molecular formula is C14H18N2O5. The summed E-state index contributed by atoms with van der Waals surface area (Å²) in [5.41, 5.74) is 0.790. The number of carbonyl (C=O) groups is 3. The van der Waals surface area contributed by atoms with E-state index < -0.39 is 23.9 Å². The summed E-state index contributed by atoms with van der Waals surface area (Å²) >= 11 is 0. The predicted octanol–water partition coefficient (Wildman–Crippen LogP) is 0.916. The number of carboxylic acid groups (broad SMARTS) is 1. The first-order valence-corrected chi connectivity index (χ1v) is 6.57. The Labute approximate surface area is 122 Å². The monoisotopic (exact) mass is 294 g/mol. The number of aromatic nitrogens is 1. The van der Waals surface area contributed by atoms with Crippen LogP contribution in [0.1, 0.15) is 35.9 Å². The van der Waals surface area contributed by atoms with Crippen molar-refractivity contribution in [2.24, 2.45) is 0 Å². The second-order valence-corrected chi connectivity index (χ2v) is 4.37. The van der Waals surface area contributed by atoms with Crippen molar-refractivity contribution in [3.63, 3.8) is 0 Å². The normalized spacial score (nSPS) is 11.5. The van der Waals surface area contributed by atoms with Gasteiger partial charge in [-0.2, -0.15) is 0 Å². The molecule has 1 rings (SSSR count). The zero-order valence-corrected chi connectivity index (χ0v) is 12.0. The van der Waals surface area contributed by atoms with Gasteiger partial charge in [-0.1, -0.05) is 6.07 Å². The molecule has 0 aliphatic rings. The first-order valence-electron chi connectivity index (χ1n) is 6.57. The molecule has 7 nitrogen and oxygen atoms in total. The van der Waals surface area contributed by atoms with E-state index in [1.54, 1.807) is 26.0 Å². The minimum Gasteiger partial charge on any atom is -0.480 e. The molecule has 114 valence electrons. The van der Waals surface area contributed by atoms with Gasteiger partial charge in [-0.3, -0.25) is 9.59 Å². The number of hydrogen-bond acceptors (Lipinski definition) is 5. The minimum atomic E-state index is -1.21. The van der Waals surface area contributed by atoms with Gasteiger partial charge in [-0.05, 0) is 32.4 Å². The van der Waals surface area contributed by atoms with Gasteiger partial charge in [0.15, 0.2) is 0 Å². The summed E-state index contributed by atoms with van der Waals surface area (Å²) in [6.07, 6.45) is -0.113. The van der Waals surface area contributed by atoms with Crippen LogP contribution in [0.25, 0.3) is 0 Å². The maximum atomic E-state index is 11.9. The van der Waals surface area contributed by atoms with Crippen molar-refractivity contribution in [2.45, 2.75) is 32.7 Å². The van der Waals surface area contributed by atoms with Crippen molar-refractivity contribution in [1.82, 2.24) is 10.3 Å². The van der Waals surface area contributed by atoms with Crippen LogP contribution in [0.15, 0.2) is 18.2 Å². The van der Waals surface area contributed by atoms with E-state index in [2.05, 4.69) is 10.3 Å². The second kappa shape index (κ2) is 7.98. The summed E-state index contributed by atoms with van der Waals surface area (Å²) in [4.78, 5) is 38.3. The number of carboxylic acids is 1. The van der Waals surface area contributed by atoms with E-state index in [1.807, 2.05) is 0 Å². The molecule has 1 heterocycles. The van der Waals surface area contributed by atoms with Gasteiger partial charge in [-0.25, -0.2) is 9.78 Å². The van der Waals surface area contributed by atoms with E-state index in [4.69, 9.17) is 9.84 Å². The first-order chi connectivity index (χ1) is 9.93. The number of nitrogens with zero attached hydrogens (tertiary/aromatic N) is 1. The van der Waals surface area contributed by atoms with Gasteiger partial charge in [0, 0.05) is 12.1 Å². The molecule has 21 heavy (non-hydrogen) atoms. The number of ether oxygens (including phenoxy) is 1. The van der Waals surface area contributed by atoms with E-state index in [9.17, 15) is 14.4 Å². The molecule has 2 N–H and O–H groups in total. The van der Waals surface area contributed by atoms with E-state index in [1.165, 1.54) is 6.07 Å². The van der Waals surface area contributed by atoms with Crippen molar-refractivity contribution in [3.05, 3.63) is 29.6 Å². The van der Waals surface area contributed by atoms with E-state index in [0.29, 0.717) is 5.69 Å². The van der Waals surface area contributed by atoms with Crippen molar-refractivity contribution in [3.8, 4) is 0 Å². The van der Waals surface area contributed by atoms with Crippen molar-refractivity contribution >= 4 is 17.8 Å². The van der Waals surface area contributed by atoms with Crippen LogP contribution in [0.3, 0.4) is 0 Å². The van der Waals surface area contributed by atoms with E-state index in [0.717, 1.165) is 0 Å². The first kappa shape index (κ1) is 16.6. The lowest BCUT2D eigenvalue weighted by molar-refractivity contribution is -0.144. The number of aliphatic carboxylic acids is 1. The fraction of sp³-hybridized carbons (Fsp3) is 0.429. The smallest absolute Gasteiger partial charge is 0.326 e. The van der Waals surface area contributed by atoms with Crippen LogP contribution in [0.2, 0.25) is 0 Å². The zero-order valence-electron chi connectivity index (χ0n) is 12.0.